The highest BCUT2D eigenvalue weighted by Gasteiger charge is 2.11. The Balaban J connectivity index is 1.40. The SMILES string of the molecule is CCCCNC(=O)c1ccc(Nc2ccc(-c3ccc4c(O)[nH]cc4c3)n3ccnc23)cc1. The molecule has 5 rings (SSSR count). The van der Waals surface area contributed by atoms with Gasteiger partial charge in [0.2, 0.25) is 0 Å². The molecule has 7 heteroatoms. The van der Waals surface area contributed by atoms with Gasteiger partial charge in [0.1, 0.15) is 0 Å². The van der Waals surface area contributed by atoms with E-state index in [2.05, 4.69) is 27.5 Å². The zero-order valence-electron chi connectivity index (χ0n) is 18.3. The maximum atomic E-state index is 12.2. The Hall–Kier alpha value is -4.26. The number of amides is 1. The first-order valence-electron chi connectivity index (χ1n) is 11.1. The standard InChI is InChI=1S/C26H25N5O2/c1-2-3-12-28-25(32)17-4-7-20(8-5-17)30-22-10-11-23(31-14-13-27-24(22)31)18-6-9-21-19(15-18)16-29-26(21)33/h4-11,13-16,29-30,33H,2-3,12H2,1H3,(H,28,32). The van der Waals surface area contributed by atoms with Gasteiger partial charge in [0.25, 0.3) is 5.91 Å². The Morgan fingerprint density at radius 2 is 1.97 bits per heavy atom. The lowest BCUT2D eigenvalue weighted by atomic mass is 10.1. The molecule has 0 saturated heterocycles. The summed E-state index contributed by atoms with van der Waals surface area (Å²) in [5.41, 5.74) is 5.20. The predicted octanol–water partition coefficient (Wildman–Crippen LogP) is 5.46. The number of pyridine rings is 1. The molecule has 33 heavy (non-hydrogen) atoms. The molecular formula is C26H25N5O2. The first-order valence-corrected chi connectivity index (χ1v) is 11.1. The number of nitrogens with one attached hydrogen (secondary N) is 3. The average Bonchev–Trinajstić information content (AvgIpc) is 3.47. The maximum absolute atomic E-state index is 12.2. The molecule has 0 bridgehead atoms. The number of anilines is 2. The van der Waals surface area contributed by atoms with Crippen molar-refractivity contribution >= 4 is 33.7 Å². The molecule has 3 aromatic heterocycles. The van der Waals surface area contributed by atoms with Crippen molar-refractivity contribution in [2.75, 3.05) is 11.9 Å². The third-order valence-corrected chi connectivity index (χ3v) is 5.76. The number of H-pyrrole nitrogens is 1. The average molecular weight is 440 g/mol. The zero-order valence-corrected chi connectivity index (χ0v) is 18.3. The van der Waals surface area contributed by atoms with Gasteiger partial charge in [0.05, 0.1) is 11.4 Å². The molecule has 7 nitrogen and oxygen atoms in total. The molecule has 0 fully saturated rings. The number of imidazole rings is 1. The molecular weight excluding hydrogens is 414 g/mol. The number of nitrogens with zero attached hydrogens (tertiary/aromatic N) is 2. The van der Waals surface area contributed by atoms with Crippen LogP contribution in [0.4, 0.5) is 11.4 Å². The lowest BCUT2D eigenvalue weighted by Gasteiger charge is -2.12. The lowest BCUT2D eigenvalue weighted by Crippen LogP contribution is -2.24. The number of fused-ring (bicyclic) bond motifs is 2. The van der Waals surface area contributed by atoms with Crippen LogP contribution in [0.3, 0.4) is 0 Å². The summed E-state index contributed by atoms with van der Waals surface area (Å²) in [7, 11) is 0. The highest BCUT2D eigenvalue weighted by molar-refractivity contribution is 5.95. The molecule has 0 spiro atoms. The smallest absolute Gasteiger partial charge is 0.251 e. The molecule has 0 aliphatic rings. The summed E-state index contributed by atoms with van der Waals surface area (Å²) < 4.78 is 2.03. The van der Waals surface area contributed by atoms with Crippen LogP contribution < -0.4 is 10.6 Å². The Morgan fingerprint density at radius 1 is 1.12 bits per heavy atom. The van der Waals surface area contributed by atoms with E-state index in [1.807, 2.05) is 65.2 Å². The fourth-order valence-corrected chi connectivity index (χ4v) is 3.97. The molecule has 4 N–H and O–H groups in total. The minimum atomic E-state index is -0.0530. The van der Waals surface area contributed by atoms with Gasteiger partial charge in [-0.3, -0.25) is 9.20 Å². The van der Waals surface area contributed by atoms with Crippen LogP contribution in [0.5, 0.6) is 5.88 Å². The van der Waals surface area contributed by atoms with E-state index < -0.39 is 0 Å². The fourth-order valence-electron chi connectivity index (χ4n) is 3.97. The summed E-state index contributed by atoms with van der Waals surface area (Å²) in [5, 5.41) is 18.0. The fraction of sp³-hybridized carbons (Fsp3) is 0.154. The summed E-state index contributed by atoms with van der Waals surface area (Å²) in [4.78, 5) is 19.6. The van der Waals surface area contributed by atoms with E-state index in [0.29, 0.717) is 12.1 Å². The molecule has 5 aromatic rings. The molecule has 0 aliphatic heterocycles. The van der Waals surface area contributed by atoms with Crippen LogP contribution in [-0.4, -0.2) is 31.9 Å². The quantitative estimate of drug-likeness (QED) is 0.253. The molecule has 3 heterocycles. The van der Waals surface area contributed by atoms with Gasteiger partial charge < -0.3 is 20.7 Å². The van der Waals surface area contributed by atoms with E-state index in [4.69, 9.17) is 0 Å². The first kappa shape index (κ1) is 20.6. The van der Waals surface area contributed by atoms with Gasteiger partial charge in [0, 0.05) is 47.2 Å². The van der Waals surface area contributed by atoms with Crippen LogP contribution in [0, 0.1) is 0 Å². The lowest BCUT2D eigenvalue weighted by molar-refractivity contribution is 0.0953. The van der Waals surface area contributed by atoms with Gasteiger partial charge in [-0.05, 0) is 60.5 Å². The maximum Gasteiger partial charge on any atom is 0.251 e. The Labute approximate surface area is 191 Å². The second-order valence-corrected chi connectivity index (χ2v) is 8.00. The zero-order chi connectivity index (χ0) is 22.8. The van der Waals surface area contributed by atoms with E-state index in [0.717, 1.165) is 51.9 Å². The van der Waals surface area contributed by atoms with Crippen LogP contribution in [0.1, 0.15) is 30.1 Å². The summed E-state index contributed by atoms with van der Waals surface area (Å²) >= 11 is 0. The molecule has 0 radical (unpaired) electrons. The van der Waals surface area contributed by atoms with Crippen molar-refractivity contribution in [1.29, 1.82) is 0 Å². The molecule has 1 amide bonds. The highest BCUT2D eigenvalue weighted by Crippen LogP contribution is 2.31. The van der Waals surface area contributed by atoms with Crippen LogP contribution in [0.15, 0.2) is 73.2 Å². The summed E-state index contributed by atoms with van der Waals surface area (Å²) in [6, 6.07) is 17.4. The third kappa shape index (κ3) is 4.01. The number of aromatic nitrogens is 3. The van der Waals surface area contributed by atoms with Crippen molar-refractivity contribution in [3.8, 4) is 17.1 Å². The van der Waals surface area contributed by atoms with Crippen molar-refractivity contribution < 1.29 is 9.90 Å². The van der Waals surface area contributed by atoms with Crippen molar-refractivity contribution in [1.82, 2.24) is 19.7 Å². The Kier molecular flexibility index (Phi) is 5.44. The number of aromatic hydroxyl groups is 1. The third-order valence-electron chi connectivity index (χ3n) is 5.76. The van der Waals surface area contributed by atoms with Crippen molar-refractivity contribution in [2.24, 2.45) is 0 Å². The Bertz CT molecular complexity index is 1430. The van der Waals surface area contributed by atoms with Crippen molar-refractivity contribution in [3.63, 3.8) is 0 Å². The largest absolute Gasteiger partial charge is 0.494 e. The molecule has 2 aromatic carbocycles. The van der Waals surface area contributed by atoms with Gasteiger partial charge in [-0.1, -0.05) is 19.4 Å². The second-order valence-electron chi connectivity index (χ2n) is 8.00. The number of carbonyl (C=O) groups is 1. The number of carbonyl (C=O) groups excluding carboxylic acids is 1. The van der Waals surface area contributed by atoms with Gasteiger partial charge in [-0.2, -0.15) is 0 Å². The van der Waals surface area contributed by atoms with E-state index in [9.17, 15) is 9.90 Å². The van der Waals surface area contributed by atoms with E-state index >= 15 is 0 Å². The minimum Gasteiger partial charge on any atom is -0.494 e. The van der Waals surface area contributed by atoms with E-state index in [1.165, 1.54) is 0 Å². The van der Waals surface area contributed by atoms with E-state index in [-0.39, 0.29) is 11.8 Å². The second kappa shape index (κ2) is 8.70. The summed E-state index contributed by atoms with van der Waals surface area (Å²) in [6.45, 7) is 2.79. The van der Waals surface area contributed by atoms with Crippen LogP contribution >= 0.6 is 0 Å². The number of aromatic amines is 1. The predicted molar refractivity (Wildman–Crippen MR) is 131 cm³/mol. The summed E-state index contributed by atoms with van der Waals surface area (Å²) in [5.74, 6) is 0.121. The van der Waals surface area contributed by atoms with Crippen molar-refractivity contribution in [2.45, 2.75) is 19.8 Å². The molecule has 0 aliphatic carbocycles. The Morgan fingerprint density at radius 3 is 2.79 bits per heavy atom. The molecule has 0 unspecified atom stereocenters. The topological polar surface area (TPSA) is 94.5 Å². The molecule has 166 valence electrons. The van der Waals surface area contributed by atoms with Crippen LogP contribution in [0.2, 0.25) is 0 Å². The number of rotatable bonds is 7. The number of hydrogen-bond acceptors (Lipinski definition) is 4. The van der Waals surface area contributed by atoms with Gasteiger partial charge in [0.15, 0.2) is 11.5 Å². The minimum absolute atomic E-state index is 0.0530. The number of benzene rings is 2. The van der Waals surface area contributed by atoms with Crippen molar-refractivity contribution in [3.05, 3.63) is 78.8 Å². The molecule has 0 saturated carbocycles. The van der Waals surface area contributed by atoms with Gasteiger partial charge >= 0.3 is 0 Å². The molecule has 0 atom stereocenters. The normalized spacial score (nSPS) is 11.2. The highest BCUT2D eigenvalue weighted by atomic mass is 16.3. The van der Waals surface area contributed by atoms with Crippen LogP contribution in [-0.2, 0) is 0 Å². The summed E-state index contributed by atoms with van der Waals surface area (Å²) in [6.07, 6.45) is 7.52. The first-order chi connectivity index (χ1) is 16.1. The monoisotopic (exact) mass is 439 g/mol. The van der Waals surface area contributed by atoms with E-state index in [1.54, 1.807) is 12.4 Å². The van der Waals surface area contributed by atoms with Gasteiger partial charge in [-0.25, -0.2) is 4.98 Å². The number of unbranched alkanes of at least 4 members (excludes halogenated alkanes) is 1. The van der Waals surface area contributed by atoms with Crippen LogP contribution in [0.25, 0.3) is 27.7 Å². The van der Waals surface area contributed by atoms with Gasteiger partial charge in [-0.15, -0.1) is 0 Å². The number of hydrogen-bond donors (Lipinski definition) is 4.